The van der Waals surface area contributed by atoms with Gasteiger partial charge in [-0.25, -0.2) is 0 Å². The minimum absolute atomic E-state index is 0.0351. The van der Waals surface area contributed by atoms with Crippen LogP contribution in [-0.2, 0) is 14.2 Å². The third-order valence-electron chi connectivity index (χ3n) is 7.42. The van der Waals surface area contributed by atoms with Crippen molar-refractivity contribution in [2.24, 2.45) is 0 Å². The second kappa shape index (κ2) is 11.7. The Balaban J connectivity index is 1.50. The van der Waals surface area contributed by atoms with Crippen LogP contribution in [0.2, 0.25) is 0 Å². The molecule has 3 heterocycles. The zero-order valence-corrected chi connectivity index (χ0v) is 21.7. The smallest absolute Gasteiger partial charge is 0.197 e. The van der Waals surface area contributed by atoms with E-state index in [0.717, 1.165) is 12.1 Å². The Hall–Kier alpha value is -3.35. The first-order chi connectivity index (χ1) is 19.9. The molecule has 15 heteroatoms. The molecule has 10 atom stereocenters. The molecule has 0 amide bonds. The van der Waals surface area contributed by atoms with Crippen LogP contribution in [0.25, 0.3) is 22.3 Å². The maximum atomic E-state index is 13.0. The van der Waals surface area contributed by atoms with Crippen LogP contribution in [0.15, 0.2) is 45.6 Å². The highest BCUT2D eigenvalue weighted by molar-refractivity contribution is 5.89. The molecule has 228 valence electrons. The summed E-state index contributed by atoms with van der Waals surface area (Å²) in [5.74, 6) is -1.42. The fourth-order valence-electron chi connectivity index (χ4n) is 5.09. The van der Waals surface area contributed by atoms with Crippen LogP contribution in [0.1, 0.15) is 11.7 Å². The Labute approximate surface area is 236 Å². The lowest BCUT2D eigenvalue weighted by Crippen LogP contribution is -2.60. The number of ether oxygens (including phenoxy) is 3. The number of benzene rings is 2. The molecule has 2 aliphatic rings. The van der Waals surface area contributed by atoms with E-state index < -0.39 is 97.0 Å². The summed E-state index contributed by atoms with van der Waals surface area (Å²) in [6, 6.07) is 7.46. The van der Waals surface area contributed by atoms with E-state index in [1.807, 2.05) is 0 Å². The summed E-state index contributed by atoms with van der Waals surface area (Å²) in [6.07, 6.45) is -16.8. The van der Waals surface area contributed by atoms with Crippen LogP contribution in [0.5, 0.6) is 17.2 Å². The molecule has 0 saturated carbocycles. The highest BCUT2D eigenvalue weighted by Crippen LogP contribution is 2.44. The van der Waals surface area contributed by atoms with Crippen LogP contribution in [0.4, 0.5) is 0 Å². The molecule has 0 bridgehead atoms. The van der Waals surface area contributed by atoms with Crippen molar-refractivity contribution >= 4 is 11.0 Å². The SMILES string of the molecule is O=c1cc(-c2ccc(O)cc2)oc2c([C@@H]3O[C@H](CO[C@@H]4O[C@H](CO)[C@@H](O)[C@H](O)[C@H]4O)[C@@H](O)[C@H](O)[C@H]3O)c(O)cc(O)c12. The topological polar surface area (TPSA) is 260 Å². The maximum Gasteiger partial charge on any atom is 0.197 e. The van der Waals surface area contributed by atoms with Crippen molar-refractivity contribution in [3.05, 3.63) is 52.2 Å². The van der Waals surface area contributed by atoms with Crippen LogP contribution < -0.4 is 5.43 Å². The fraction of sp³-hybridized carbons (Fsp3) is 0.444. The molecular weight excluding hydrogens is 564 g/mol. The first kappa shape index (κ1) is 30.1. The molecule has 2 fully saturated rings. The van der Waals surface area contributed by atoms with Gasteiger partial charge in [-0.1, -0.05) is 0 Å². The lowest BCUT2D eigenvalue weighted by atomic mass is 9.89. The average Bonchev–Trinajstić information content (AvgIpc) is 2.96. The number of fused-ring (bicyclic) bond motifs is 1. The van der Waals surface area contributed by atoms with E-state index in [1.54, 1.807) is 0 Å². The number of rotatable bonds is 6. The Morgan fingerprint density at radius 3 is 2.05 bits per heavy atom. The molecule has 2 saturated heterocycles. The minimum Gasteiger partial charge on any atom is -0.508 e. The molecule has 2 aromatic carbocycles. The molecule has 1 aromatic heterocycles. The normalized spacial score (nSPS) is 33.6. The summed E-state index contributed by atoms with van der Waals surface area (Å²) < 4.78 is 22.4. The Morgan fingerprint density at radius 1 is 0.738 bits per heavy atom. The van der Waals surface area contributed by atoms with Gasteiger partial charge in [0.1, 0.15) is 83.3 Å². The molecule has 10 N–H and O–H groups in total. The van der Waals surface area contributed by atoms with Crippen LogP contribution >= 0.6 is 0 Å². The summed E-state index contributed by atoms with van der Waals surface area (Å²) in [6.45, 7) is -1.35. The Morgan fingerprint density at radius 2 is 1.38 bits per heavy atom. The zero-order chi connectivity index (χ0) is 30.5. The monoisotopic (exact) mass is 594 g/mol. The first-order valence-electron chi connectivity index (χ1n) is 12.9. The second-order valence-electron chi connectivity index (χ2n) is 10.2. The van der Waals surface area contributed by atoms with E-state index in [-0.39, 0.29) is 22.5 Å². The largest absolute Gasteiger partial charge is 0.508 e. The second-order valence-corrected chi connectivity index (χ2v) is 10.2. The zero-order valence-electron chi connectivity index (χ0n) is 21.7. The van der Waals surface area contributed by atoms with Crippen molar-refractivity contribution in [3.8, 4) is 28.6 Å². The van der Waals surface area contributed by atoms with Crippen molar-refractivity contribution in [1.82, 2.24) is 0 Å². The van der Waals surface area contributed by atoms with Gasteiger partial charge in [-0.15, -0.1) is 0 Å². The standard InChI is InChI=1S/C27H30O15/c28-7-15-19(33)22(36)24(38)27(42-15)39-8-16-20(34)21(35)23(37)26(41-16)18-12(31)5-11(30)17-13(32)6-14(40-25(17)18)9-1-3-10(29)4-2-9/h1-6,15-16,19-24,26-31,33-38H,7-8H2/t15-,16-,19-,20-,21+,22+,23-,24-,26+,27-/m1/s1. The molecule has 0 aliphatic carbocycles. The van der Waals surface area contributed by atoms with Crippen molar-refractivity contribution in [1.29, 1.82) is 0 Å². The number of aliphatic hydroxyl groups is 7. The van der Waals surface area contributed by atoms with E-state index in [9.17, 15) is 55.9 Å². The number of phenolic OH excluding ortho intramolecular Hbond substituents is 3. The van der Waals surface area contributed by atoms with Crippen molar-refractivity contribution < 1.29 is 69.7 Å². The lowest BCUT2D eigenvalue weighted by molar-refractivity contribution is -0.314. The van der Waals surface area contributed by atoms with E-state index in [2.05, 4.69) is 0 Å². The molecule has 3 aromatic rings. The molecule has 0 radical (unpaired) electrons. The van der Waals surface area contributed by atoms with Crippen LogP contribution in [0, 0.1) is 0 Å². The fourth-order valence-corrected chi connectivity index (χ4v) is 5.09. The number of aliphatic hydroxyl groups excluding tert-OH is 7. The predicted molar refractivity (Wildman–Crippen MR) is 138 cm³/mol. The first-order valence-corrected chi connectivity index (χ1v) is 12.9. The Kier molecular flexibility index (Phi) is 8.41. The quantitative estimate of drug-likeness (QED) is 0.147. The lowest BCUT2D eigenvalue weighted by Gasteiger charge is -2.43. The summed E-state index contributed by atoms with van der Waals surface area (Å²) in [4.78, 5) is 13.0. The van der Waals surface area contributed by atoms with Crippen LogP contribution in [-0.4, -0.2) is 119 Å². The van der Waals surface area contributed by atoms with Gasteiger partial charge in [0.25, 0.3) is 0 Å². The van der Waals surface area contributed by atoms with Crippen molar-refractivity contribution in [2.75, 3.05) is 13.2 Å². The van der Waals surface area contributed by atoms with Gasteiger partial charge in [-0.3, -0.25) is 4.79 Å². The van der Waals surface area contributed by atoms with Crippen molar-refractivity contribution in [3.63, 3.8) is 0 Å². The van der Waals surface area contributed by atoms with Crippen LogP contribution in [0.3, 0.4) is 0 Å². The van der Waals surface area contributed by atoms with Gasteiger partial charge in [0.05, 0.1) is 18.8 Å². The number of hydrogen-bond donors (Lipinski definition) is 10. The summed E-state index contributed by atoms with van der Waals surface area (Å²) in [7, 11) is 0. The molecule has 0 spiro atoms. The van der Waals surface area contributed by atoms with Gasteiger partial charge in [-0.05, 0) is 24.3 Å². The van der Waals surface area contributed by atoms with Crippen molar-refractivity contribution in [2.45, 2.75) is 61.2 Å². The van der Waals surface area contributed by atoms with E-state index in [4.69, 9.17) is 18.6 Å². The van der Waals surface area contributed by atoms with Gasteiger partial charge in [0, 0.05) is 17.7 Å². The highest BCUT2D eigenvalue weighted by atomic mass is 16.7. The molecular formula is C27H30O15. The summed E-state index contributed by atoms with van der Waals surface area (Å²) >= 11 is 0. The van der Waals surface area contributed by atoms with E-state index >= 15 is 0 Å². The van der Waals surface area contributed by atoms with Gasteiger partial charge >= 0.3 is 0 Å². The predicted octanol–water partition coefficient (Wildman–Crippen LogP) is -2.08. The van der Waals surface area contributed by atoms with Gasteiger partial charge in [0.2, 0.25) is 0 Å². The summed E-state index contributed by atoms with van der Waals surface area (Å²) in [5.41, 5.74) is -1.14. The number of phenols is 3. The molecule has 5 rings (SSSR count). The van der Waals surface area contributed by atoms with Gasteiger partial charge < -0.3 is 69.7 Å². The Bertz CT molecular complexity index is 1470. The molecule has 15 nitrogen and oxygen atoms in total. The van der Waals surface area contributed by atoms with E-state index in [1.165, 1.54) is 24.3 Å². The number of hydrogen-bond acceptors (Lipinski definition) is 15. The maximum absolute atomic E-state index is 13.0. The third kappa shape index (κ3) is 5.31. The molecule has 0 unspecified atom stereocenters. The summed E-state index contributed by atoms with van der Waals surface area (Å²) in [5, 5.41) is 102. The molecule has 2 aliphatic heterocycles. The molecule has 42 heavy (non-hydrogen) atoms. The highest BCUT2D eigenvalue weighted by Gasteiger charge is 2.48. The van der Waals surface area contributed by atoms with Gasteiger partial charge in [-0.2, -0.15) is 0 Å². The minimum atomic E-state index is -1.90. The third-order valence-corrected chi connectivity index (χ3v) is 7.42. The average molecular weight is 595 g/mol. The van der Waals surface area contributed by atoms with E-state index in [0.29, 0.717) is 5.56 Å². The van der Waals surface area contributed by atoms with Gasteiger partial charge in [0.15, 0.2) is 17.3 Å². The number of aromatic hydroxyl groups is 3.